The van der Waals surface area contributed by atoms with Crippen LogP contribution in [0.4, 0.5) is 0 Å². The van der Waals surface area contributed by atoms with Crippen LogP contribution in [0.2, 0.25) is 0 Å². The third-order valence-corrected chi connectivity index (χ3v) is 5.32. The SMILES string of the molecule is CCCCNS(=O)(=O)c1cn(-c2ccccc2)nc1-c1ccccc1. The van der Waals surface area contributed by atoms with Gasteiger partial charge < -0.3 is 0 Å². The number of rotatable bonds is 7. The molecule has 6 heteroatoms. The van der Waals surface area contributed by atoms with Gasteiger partial charge in [-0.15, -0.1) is 0 Å². The summed E-state index contributed by atoms with van der Waals surface area (Å²) >= 11 is 0. The molecule has 0 spiro atoms. The maximum atomic E-state index is 12.8. The quantitative estimate of drug-likeness (QED) is 0.659. The molecule has 2 aromatic carbocycles. The topological polar surface area (TPSA) is 64.0 Å². The minimum absolute atomic E-state index is 0.193. The third kappa shape index (κ3) is 3.97. The van der Waals surface area contributed by atoms with Crippen LogP contribution < -0.4 is 4.72 Å². The molecule has 0 radical (unpaired) electrons. The van der Waals surface area contributed by atoms with E-state index in [2.05, 4.69) is 9.82 Å². The predicted molar refractivity (Wildman–Crippen MR) is 99.1 cm³/mol. The smallest absolute Gasteiger partial charge is 0.239 e. The first-order chi connectivity index (χ1) is 12.1. The summed E-state index contributed by atoms with van der Waals surface area (Å²) in [5.41, 5.74) is 2.04. The molecule has 1 heterocycles. The maximum Gasteiger partial charge on any atom is 0.244 e. The van der Waals surface area contributed by atoms with Crippen molar-refractivity contribution in [3.8, 4) is 16.9 Å². The van der Waals surface area contributed by atoms with Gasteiger partial charge in [-0.25, -0.2) is 17.8 Å². The van der Waals surface area contributed by atoms with Crippen LogP contribution in [0.1, 0.15) is 19.8 Å². The van der Waals surface area contributed by atoms with Gasteiger partial charge in [0.1, 0.15) is 10.6 Å². The fourth-order valence-electron chi connectivity index (χ4n) is 2.52. The molecule has 0 saturated heterocycles. The van der Waals surface area contributed by atoms with Gasteiger partial charge in [-0.1, -0.05) is 61.9 Å². The Bertz CT molecular complexity index is 920. The van der Waals surface area contributed by atoms with Crippen molar-refractivity contribution in [2.24, 2.45) is 0 Å². The van der Waals surface area contributed by atoms with Crippen molar-refractivity contribution in [2.45, 2.75) is 24.7 Å². The van der Waals surface area contributed by atoms with Crippen molar-refractivity contribution in [2.75, 3.05) is 6.54 Å². The van der Waals surface area contributed by atoms with Crippen molar-refractivity contribution in [1.82, 2.24) is 14.5 Å². The fraction of sp³-hybridized carbons (Fsp3) is 0.211. The van der Waals surface area contributed by atoms with Gasteiger partial charge in [0.2, 0.25) is 10.0 Å². The monoisotopic (exact) mass is 355 g/mol. The number of unbranched alkanes of at least 4 members (excludes halogenated alkanes) is 1. The van der Waals surface area contributed by atoms with E-state index < -0.39 is 10.0 Å². The molecule has 0 aliphatic carbocycles. The van der Waals surface area contributed by atoms with Crippen molar-refractivity contribution in [1.29, 1.82) is 0 Å². The number of nitrogens with zero attached hydrogens (tertiary/aromatic N) is 2. The molecular weight excluding hydrogens is 334 g/mol. The first-order valence-corrected chi connectivity index (χ1v) is 9.80. The Morgan fingerprint density at radius 3 is 2.28 bits per heavy atom. The van der Waals surface area contributed by atoms with Gasteiger partial charge in [-0.2, -0.15) is 5.10 Å². The molecule has 1 N–H and O–H groups in total. The van der Waals surface area contributed by atoms with E-state index in [-0.39, 0.29) is 4.90 Å². The Morgan fingerprint density at radius 1 is 1.00 bits per heavy atom. The molecule has 1 aromatic heterocycles. The van der Waals surface area contributed by atoms with Crippen LogP contribution in [-0.4, -0.2) is 24.7 Å². The van der Waals surface area contributed by atoms with Crippen molar-refractivity contribution in [3.05, 3.63) is 66.9 Å². The molecule has 25 heavy (non-hydrogen) atoms. The zero-order valence-electron chi connectivity index (χ0n) is 14.1. The summed E-state index contributed by atoms with van der Waals surface area (Å²) in [6.07, 6.45) is 3.30. The molecule has 0 atom stereocenters. The highest BCUT2D eigenvalue weighted by Gasteiger charge is 2.23. The average Bonchev–Trinajstić information content (AvgIpc) is 3.10. The molecule has 0 bridgehead atoms. The normalized spacial score (nSPS) is 11.6. The van der Waals surface area contributed by atoms with Crippen molar-refractivity contribution < 1.29 is 8.42 Å². The zero-order valence-corrected chi connectivity index (χ0v) is 14.9. The van der Waals surface area contributed by atoms with E-state index in [4.69, 9.17) is 0 Å². The van der Waals surface area contributed by atoms with Crippen LogP contribution in [0.3, 0.4) is 0 Å². The minimum Gasteiger partial charge on any atom is -0.239 e. The maximum absolute atomic E-state index is 12.8. The van der Waals surface area contributed by atoms with Crippen LogP contribution in [-0.2, 0) is 10.0 Å². The lowest BCUT2D eigenvalue weighted by molar-refractivity contribution is 0.578. The third-order valence-electron chi connectivity index (χ3n) is 3.86. The number of sulfonamides is 1. The second-order valence-electron chi connectivity index (χ2n) is 5.74. The van der Waals surface area contributed by atoms with E-state index in [0.717, 1.165) is 24.1 Å². The molecule has 3 rings (SSSR count). The number of hydrogen-bond donors (Lipinski definition) is 1. The number of nitrogens with one attached hydrogen (secondary N) is 1. The lowest BCUT2D eigenvalue weighted by atomic mass is 10.2. The summed E-state index contributed by atoms with van der Waals surface area (Å²) in [5.74, 6) is 0. The van der Waals surface area contributed by atoms with Gasteiger partial charge in [-0.3, -0.25) is 0 Å². The highest BCUT2D eigenvalue weighted by molar-refractivity contribution is 7.89. The van der Waals surface area contributed by atoms with Gasteiger partial charge in [-0.05, 0) is 18.6 Å². The second-order valence-corrected chi connectivity index (χ2v) is 7.47. The highest BCUT2D eigenvalue weighted by atomic mass is 32.2. The first kappa shape index (κ1) is 17.4. The zero-order chi connectivity index (χ0) is 17.7. The van der Waals surface area contributed by atoms with Gasteiger partial charge in [0.25, 0.3) is 0 Å². The van der Waals surface area contributed by atoms with Gasteiger partial charge >= 0.3 is 0 Å². The highest BCUT2D eigenvalue weighted by Crippen LogP contribution is 2.27. The Labute approximate surface area is 148 Å². The fourth-order valence-corrected chi connectivity index (χ4v) is 3.75. The van der Waals surface area contributed by atoms with Crippen molar-refractivity contribution >= 4 is 10.0 Å². The predicted octanol–water partition coefficient (Wildman–Crippen LogP) is 3.62. The van der Waals surface area contributed by atoms with Crippen LogP contribution in [0.15, 0.2) is 71.8 Å². The molecule has 0 amide bonds. The number of aromatic nitrogens is 2. The van der Waals surface area contributed by atoms with Crippen LogP contribution in [0.5, 0.6) is 0 Å². The van der Waals surface area contributed by atoms with E-state index >= 15 is 0 Å². The van der Waals surface area contributed by atoms with E-state index in [1.807, 2.05) is 67.6 Å². The molecule has 5 nitrogen and oxygen atoms in total. The van der Waals surface area contributed by atoms with E-state index in [9.17, 15) is 8.42 Å². The average molecular weight is 355 g/mol. The summed E-state index contributed by atoms with van der Waals surface area (Å²) in [6.45, 7) is 2.45. The summed E-state index contributed by atoms with van der Waals surface area (Å²) in [7, 11) is -3.63. The standard InChI is InChI=1S/C19H21N3O2S/c1-2-3-14-20-25(23,24)18-15-22(17-12-8-5-9-13-17)21-19(18)16-10-6-4-7-11-16/h4-13,15,20H,2-3,14H2,1H3. The Morgan fingerprint density at radius 2 is 1.64 bits per heavy atom. The molecule has 130 valence electrons. The van der Waals surface area contributed by atoms with Crippen LogP contribution in [0.25, 0.3) is 16.9 Å². The van der Waals surface area contributed by atoms with Crippen LogP contribution in [0, 0.1) is 0 Å². The summed E-state index contributed by atoms with van der Waals surface area (Å²) in [5, 5.41) is 4.54. The number of hydrogen-bond acceptors (Lipinski definition) is 3. The molecule has 3 aromatic rings. The molecule has 0 saturated carbocycles. The lowest BCUT2D eigenvalue weighted by Gasteiger charge is -2.06. The molecule has 0 aliphatic rings. The van der Waals surface area contributed by atoms with Gasteiger partial charge in [0, 0.05) is 12.1 Å². The van der Waals surface area contributed by atoms with Gasteiger partial charge in [0.05, 0.1) is 11.9 Å². The van der Waals surface area contributed by atoms with E-state index in [1.54, 1.807) is 10.9 Å². The summed E-state index contributed by atoms with van der Waals surface area (Å²) in [6, 6.07) is 18.9. The second kappa shape index (κ2) is 7.63. The minimum atomic E-state index is -3.63. The lowest BCUT2D eigenvalue weighted by Crippen LogP contribution is -2.24. The Hall–Kier alpha value is -2.44. The largest absolute Gasteiger partial charge is 0.244 e. The van der Waals surface area contributed by atoms with E-state index in [1.165, 1.54) is 0 Å². The molecule has 0 unspecified atom stereocenters. The Balaban J connectivity index is 2.08. The summed E-state index contributed by atoms with van der Waals surface area (Å²) in [4.78, 5) is 0.193. The molecule has 0 aliphatic heterocycles. The number of para-hydroxylation sites is 1. The molecule has 0 fully saturated rings. The number of benzene rings is 2. The Kier molecular flexibility index (Phi) is 5.31. The van der Waals surface area contributed by atoms with E-state index in [0.29, 0.717) is 12.2 Å². The summed E-state index contributed by atoms with van der Waals surface area (Å²) < 4.78 is 29.8. The van der Waals surface area contributed by atoms with Crippen molar-refractivity contribution in [3.63, 3.8) is 0 Å². The van der Waals surface area contributed by atoms with Gasteiger partial charge in [0.15, 0.2) is 0 Å². The molecular formula is C19H21N3O2S. The van der Waals surface area contributed by atoms with Crippen LogP contribution >= 0.6 is 0 Å². The first-order valence-electron chi connectivity index (χ1n) is 8.32.